The molecule has 1 aromatic heterocycles. The van der Waals surface area contributed by atoms with E-state index in [1.165, 1.54) is 20.3 Å². The number of hydrogen-bond donors (Lipinski definition) is 1. The first kappa shape index (κ1) is 23.2. The van der Waals surface area contributed by atoms with Gasteiger partial charge in [0.05, 0.1) is 11.6 Å². The summed E-state index contributed by atoms with van der Waals surface area (Å²) >= 11 is 0. The van der Waals surface area contributed by atoms with Crippen molar-refractivity contribution in [2.45, 2.75) is 79.4 Å². The standard InChI is InChI=1S/C24H34N2O5/c1-12-8-7-9-19(13(12)2)26-11-18(10-20(26)28)24(30)31-17(6)23(29)22-14(3)21(16(5)27)15(4)25-22/h12-13,17-19,25H,7-11H2,1-6H3/t12-,13-,17-,18-,19+/m0/s1. The van der Waals surface area contributed by atoms with Crippen LogP contribution in [0, 0.1) is 31.6 Å². The molecule has 1 N–H and O–H groups in total. The van der Waals surface area contributed by atoms with Crippen LogP contribution in [-0.4, -0.2) is 52.0 Å². The van der Waals surface area contributed by atoms with Crippen molar-refractivity contribution in [3.05, 3.63) is 22.5 Å². The molecule has 1 aromatic rings. The molecule has 1 aliphatic heterocycles. The molecule has 1 amide bonds. The van der Waals surface area contributed by atoms with Gasteiger partial charge < -0.3 is 14.6 Å². The van der Waals surface area contributed by atoms with Crippen molar-refractivity contribution >= 4 is 23.4 Å². The average Bonchev–Trinajstić information content (AvgIpc) is 3.22. The van der Waals surface area contributed by atoms with E-state index in [0.717, 1.165) is 12.8 Å². The van der Waals surface area contributed by atoms with Gasteiger partial charge in [-0.2, -0.15) is 0 Å². The summed E-state index contributed by atoms with van der Waals surface area (Å²) in [5, 5.41) is 0. The molecular formula is C24H34N2O5. The number of hydrogen-bond acceptors (Lipinski definition) is 5. The number of esters is 1. The number of aromatic nitrogens is 1. The number of carbonyl (C=O) groups excluding carboxylic acids is 4. The molecule has 7 nitrogen and oxygen atoms in total. The number of aromatic amines is 1. The highest BCUT2D eigenvalue weighted by Gasteiger charge is 2.42. The maximum Gasteiger partial charge on any atom is 0.311 e. The molecule has 2 fully saturated rings. The molecule has 0 spiro atoms. The van der Waals surface area contributed by atoms with Crippen molar-refractivity contribution in [2.75, 3.05) is 6.54 Å². The number of carbonyl (C=O) groups is 4. The number of H-pyrrole nitrogens is 1. The van der Waals surface area contributed by atoms with E-state index in [1.807, 2.05) is 4.90 Å². The Morgan fingerprint density at radius 3 is 2.45 bits per heavy atom. The number of aryl methyl sites for hydroxylation is 1. The molecule has 7 heteroatoms. The molecule has 31 heavy (non-hydrogen) atoms. The maximum atomic E-state index is 12.9. The molecule has 5 atom stereocenters. The minimum atomic E-state index is -0.998. The number of likely N-dealkylation sites (tertiary alicyclic amines) is 1. The Morgan fingerprint density at radius 1 is 1.16 bits per heavy atom. The van der Waals surface area contributed by atoms with Gasteiger partial charge >= 0.3 is 5.97 Å². The van der Waals surface area contributed by atoms with Gasteiger partial charge in [-0.05, 0) is 51.5 Å². The Hall–Kier alpha value is -2.44. The van der Waals surface area contributed by atoms with Crippen molar-refractivity contribution in [3.8, 4) is 0 Å². The number of nitrogens with zero attached hydrogens (tertiary/aromatic N) is 1. The summed E-state index contributed by atoms with van der Waals surface area (Å²) < 4.78 is 5.47. The lowest BCUT2D eigenvalue weighted by Crippen LogP contribution is -2.45. The van der Waals surface area contributed by atoms with Gasteiger partial charge in [0.2, 0.25) is 11.7 Å². The van der Waals surface area contributed by atoms with Gasteiger partial charge in [-0.15, -0.1) is 0 Å². The second-order valence-corrected chi connectivity index (χ2v) is 9.41. The topological polar surface area (TPSA) is 96.5 Å². The van der Waals surface area contributed by atoms with Gasteiger partial charge in [-0.25, -0.2) is 0 Å². The largest absolute Gasteiger partial charge is 0.454 e. The first-order chi connectivity index (χ1) is 14.5. The summed E-state index contributed by atoms with van der Waals surface area (Å²) in [6, 6.07) is 0.169. The van der Waals surface area contributed by atoms with Crippen LogP contribution in [0.5, 0.6) is 0 Å². The Kier molecular flexibility index (Phi) is 6.72. The van der Waals surface area contributed by atoms with Crippen LogP contribution in [0.25, 0.3) is 0 Å². The van der Waals surface area contributed by atoms with Crippen molar-refractivity contribution in [2.24, 2.45) is 17.8 Å². The smallest absolute Gasteiger partial charge is 0.311 e. The summed E-state index contributed by atoms with van der Waals surface area (Å²) in [4.78, 5) is 54.9. The summed E-state index contributed by atoms with van der Waals surface area (Å²) in [7, 11) is 0. The van der Waals surface area contributed by atoms with Crippen molar-refractivity contribution in [1.82, 2.24) is 9.88 Å². The van der Waals surface area contributed by atoms with E-state index in [2.05, 4.69) is 18.8 Å². The molecule has 0 radical (unpaired) electrons. The molecule has 2 heterocycles. The molecular weight excluding hydrogens is 396 g/mol. The van der Waals surface area contributed by atoms with Crippen molar-refractivity contribution < 1.29 is 23.9 Å². The van der Waals surface area contributed by atoms with Crippen LogP contribution in [0.3, 0.4) is 0 Å². The Morgan fingerprint density at radius 2 is 1.84 bits per heavy atom. The molecule has 2 aliphatic rings. The van der Waals surface area contributed by atoms with Gasteiger partial charge in [0.25, 0.3) is 0 Å². The summed E-state index contributed by atoms with van der Waals surface area (Å²) in [6.45, 7) is 11.2. The molecule has 1 saturated carbocycles. The zero-order valence-corrected chi connectivity index (χ0v) is 19.4. The van der Waals surface area contributed by atoms with Crippen LogP contribution in [0.4, 0.5) is 0 Å². The fourth-order valence-electron chi connectivity index (χ4n) is 5.26. The number of ether oxygens (including phenoxy) is 1. The number of ketones is 2. The van der Waals surface area contributed by atoms with Crippen LogP contribution >= 0.6 is 0 Å². The maximum absolute atomic E-state index is 12.9. The average molecular weight is 431 g/mol. The van der Waals surface area contributed by atoms with Gasteiger partial charge in [0.1, 0.15) is 0 Å². The molecule has 0 unspecified atom stereocenters. The van der Waals surface area contributed by atoms with E-state index < -0.39 is 18.0 Å². The molecule has 1 saturated heterocycles. The van der Waals surface area contributed by atoms with Crippen LogP contribution in [0.15, 0.2) is 0 Å². The zero-order chi connectivity index (χ0) is 23.0. The highest BCUT2D eigenvalue weighted by atomic mass is 16.5. The van der Waals surface area contributed by atoms with Gasteiger partial charge in [0, 0.05) is 30.3 Å². The van der Waals surface area contributed by atoms with E-state index >= 15 is 0 Å². The predicted octanol–water partition coefficient (Wildman–Crippen LogP) is 3.62. The molecule has 0 aromatic carbocycles. The van der Waals surface area contributed by atoms with Crippen LogP contribution in [0.2, 0.25) is 0 Å². The summed E-state index contributed by atoms with van der Waals surface area (Å²) in [5.74, 6) is -0.602. The number of nitrogens with one attached hydrogen (secondary N) is 1. The number of amides is 1. The van der Waals surface area contributed by atoms with Crippen molar-refractivity contribution in [3.63, 3.8) is 0 Å². The Labute approximate surface area is 183 Å². The highest BCUT2D eigenvalue weighted by Crippen LogP contribution is 2.36. The molecule has 1 aliphatic carbocycles. The van der Waals surface area contributed by atoms with Gasteiger partial charge in [-0.1, -0.05) is 26.7 Å². The summed E-state index contributed by atoms with van der Waals surface area (Å²) in [5.41, 5.74) is 1.98. The third-order valence-corrected chi connectivity index (χ3v) is 7.25. The quantitative estimate of drug-likeness (QED) is 0.549. The first-order valence-electron chi connectivity index (χ1n) is 11.3. The third kappa shape index (κ3) is 4.46. The van der Waals surface area contributed by atoms with E-state index in [-0.39, 0.29) is 35.6 Å². The monoisotopic (exact) mass is 430 g/mol. The lowest BCUT2D eigenvalue weighted by molar-refractivity contribution is -0.151. The second kappa shape index (κ2) is 8.97. The van der Waals surface area contributed by atoms with Crippen LogP contribution in [0.1, 0.15) is 85.5 Å². The Balaban J connectivity index is 1.65. The fourth-order valence-corrected chi connectivity index (χ4v) is 5.26. The second-order valence-electron chi connectivity index (χ2n) is 9.41. The van der Waals surface area contributed by atoms with E-state index in [0.29, 0.717) is 35.2 Å². The van der Waals surface area contributed by atoms with E-state index in [9.17, 15) is 19.2 Å². The normalized spacial score (nSPS) is 27.3. The lowest BCUT2D eigenvalue weighted by Gasteiger charge is -2.39. The Bertz CT molecular complexity index is 902. The highest BCUT2D eigenvalue weighted by molar-refractivity contribution is 6.05. The van der Waals surface area contributed by atoms with E-state index in [1.54, 1.807) is 13.8 Å². The number of rotatable bonds is 6. The molecule has 0 bridgehead atoms. The lowest BCUT2D eigenvalue weighted by atomic mass is 9.77. The van der Waals surface area contributed by atoms with Crippen molar-refractivity contribution in [1.29, 1.82) is 0 Å². The predicted molar refractivity (Wildman–Crippen MR) is 116 cm³/mol. The van der Waals surface area contributed by atoms with E-state index in [4.69, 9.17) is 4.74 Å². The van der Waals surface area contributed by atoms with Gasteiger partial charge in [-0.3, -0.25) is 19.2 Å². The molecule has 170 valence electrons. The third-order valence-electron chi connectivity index (χ3n) is 7.25. The van der Waals surface area contributed by atoms with Gasteiger partial charge in [0.15, 0.2) is 11.9 Å². The zero-order valence-electron chi connectivity index (χ0n) is 19.4. The first-order valence-corrected chi connectivity index (χ1v) is 11.3. The fraction of sp³-hybridized carbons (Fsp3) is 0.667. The number of Topliss-reactive ketones (excluding diaryl/α,β-unsaturated/α-hetero) is 2. The minimum absolute atomic E-state index is 0.00573. The minimum Gasteiger partial charge on any atom is -0.454 e. The SMILES string of the molecule is CC(=O)c1c(C)[nH]c(C(=O)[C@H](C)OC(=O)[C@H]2CC(=O)N([C@@H]3CCC[C@H](C)[C@@H]3C)C2)c1C. The van der Waals surface area contributed by atoms with Crippen LogP contribution in [-0.2, 0) is 14.3 Å². The van der Waals surface area contributed by atoms with Crippen LogP contribution < -0.4 is 0 Å². The molecule has 3 rings (SSSR count). The summed E-state index contributed by atoms with van der Waals surface area (Å²) in [6.07, 6.45) is 2.37.